The van der Waals surface area contributed by atoms with E-state index in [0.717, 1.165) is 29.7 Å². The van der Waals surface area contributed by atoms with Gasteiger partial charge in [-0.05, 0) is 56.0 Å². The van der Waals surface area contributed by atoms with Crippen molar-refractivity contribution in [1.29, 1.82) is 0 Å². The first-order valence-electron chi connectivity index (χ1n) is 8.59. The molecule has 132 valence electrons. The Kier molecular flexibility index (Phi) is 5.38. The van der Waals surface area contributed by atoms with Gasteiger partial charge in [0.1, 0.15) is 0 Å². The molecule has 3 N–H and O–H groups in total. The highest BCUT2D eigenvalue weighted by Crippen LogP contribution is 2.21. The van der Waals surface area contributed by atoms with E-state index in [2.05, 4.69) is 28.9 Å². The number of benzene rings is 1. The van der Waals surface area contributed by atoms with Crippen molar-refractivity contribution in [3.05, 3.63) is 51.2 Å². The van der Waals surface area contributed by atoms with Crippen LogP contribution >= 0.6 is 11.3 Å². The highest BCUT2D eigenvalue weighted by atomic mass is 32.1. The minimum atomic E-state index is -0.269. The molecule has 1 aromatic heterocycles. The third-order valence-electron chi connectivity index (χ3n) is 4.15. The summed E-state index contributed by atoms with van der Waals surface area (Å²) in [4.78, 5) is 26.7. The fraction of sp³-hybridized carbons (Fsp3) is 0.368. The lowest BCUT2D eigenvalue weighted by Crippen LogP contribution is -2.29. The first kappa shape index (κ1) is 17.5. The van der Waals surface area contributed by atoms with Gasteiger partial charge in [-0.15, -0.1) is 11.3 Å². The fourth-order valence-corrected chi connectivity index (χ4v) is 3.33. The number of carbonyl (C=O) groups excluding carboxylic acids is 2. The van der Waals surface area contributed by atoms with E-state index in [0.29, 0.717) is 23.8 Å². The van der Waals surface area contributed by atoms with Crippen LogP contribution in [0.3, 0.4) is 0 Å². The molecule has 0 radical (unpaired) electrons. The summed E-state index contributed by atoms with van der Waals surface area (Å²) in [6.45, 7) is 4.52. The van der Waals surface area contributed by atoms with Crippen LogP contribution in [0.25, 0.3) is 0 Å². The monoisotopic (exact) mass is 357 g/mol. The van der Waals surface area contributed by atoms with Crippen LogP contribution in [0.2, 0.25) is 0 Å². The van der Waals surface area contributed by atoms with Crippen LogP contribution in [0.15, 0.2) is 30.3 Å². The summed E-state index contributed by atoms with van der Waals surface area (Å²) in [5.74, 6) is -0.0864. The number of thiophene rings is 1. The predicted octanol–water partition coefficient (Wildman–Crippen LogP) is 3.83. The van der Waals surface area contributed by atoms with E-state index in [1.54, 1.807) is 23.5 Å². The van der Waals surface area contributed by atoms with Crippen LogP contribution in [0.1, 0.15) is 45.4 Å². The number of urea groups is 1. The van der Waals surface area contributed by atoms with E-state index in [1.165, 1.54) is 4.88 Å². The molecule has 1 aliphatic carbocycles. The molecule has 1 heterocycles. The highest BCUT2D eigenvalue weighted by Gasteiger charge is 2.24. The first-order chi connectivity index (χ1) is 12.0. The molecule has 0 atom stereocenters. The molecule has 0 bridgehead atoms. The van der Waals surface area contributed by atoms with Crippen LogP contribution in [0.5, 0.6) is 0 Å². The van der Waals surface area contributed by atoms with Gasteiger partial charge in [-0.2, -0.15) is 0 Å². The van der Waals surface area contributed by atoms with Crippen molar-refractivity contribution in [2.75, 3.05) is 5.32 Å². The molecule has 0 spiro atoms. The zero-order valence-corrected chi connectivity index (χ0v) is 15.3. The van der Waals surface area contributed by atoms with Crippen molar-refractivity contribution >= 4 is 29.0 Å². The Morgan fingerprint density at radius 3 is 2.60 bits per heavy atom. The Hall–Kier alpha value is -2.34. The molecule has 3 rings (SSSR count). The van der Waals surface area contributed by atoms with Crippen LogP contribution < -0.4 is 16.0 Å². The normalized spacial score (nSPS) is 13.4. The largest absolute Gasteiger partial charge is 0.349 e. The lowest BCUT2D eigenvalue weighted by molar-refractivity contribution is 0.0951. The molecule has 0 saturated heterocycles. The van der Waals surface area contributed by atoms with Crippen molar-refractivity contribution in [3.63, 3.8) is 0 Å². The second-order valence-electron chi connectivity index (χ2n) is 6.31. The molecule has 2 aromatic rings. The van der Waals surface area contributed by atoms with Crippen LogP contribution in [-0.4, -0.2) is 18.0 Å². The average Bonchev–Trinajstić information content (AvgIpc) is 3.29. The summed E-state index contributed by atoms with van der Waals surface area (Å²) in [7, 11) is 0. The molecule has 6 heteroatoms. The van der Waals surface area contributed by atoms with Crippen molar-refractivity contribution in [3.8, 4) is 0 Å². The van der Waals surface area contributed by atoms with E-state index >= 15 is 0 Å². The van der Waals surface area contributed by atoms with Gasteiger partial charge in [-0.3, -0.25) is 4.79 Å². The smallest absolute Gasteiger partial charge is 0.319 e. The van der Waals surface area contributed by atoms with Crippen molar-refractivity contribution in [2.24, 2.45) is 0 Å². The Morgan fingerprint density at radius 2 is 1.92 bits per heavy atom. The van der Waals surface area contributed by atoms with Gasteiger partial charge in [-0.1, -0.05) is 13.0 Å². The SMILES string of the molecule is CCc1ccc(CNC(=O)Nc2cc(C(=O)NC3CC3)ccc2C)s1. The topological polar surface area (TPSA) is 70.2 Å². The molecular formula is C19H23N3O2S. The molecule has 0 aliphatic heterocycles. The van der Waals surface area contributed by atoms with Gasteiger partial charge in [0.15, 0.2) is 0 Å². The lowest BCUT2D eigenvalue weighted by atomic mass is 10.1. The molecule has 25 heavy (non-hydrogen) atoms. The Balaban J connectivity index is 1.58. The Labute approximate surface area is 151 Å². The Morgan fingerprint density at radius 1 is 1.16 bits per heavy atom. The second-order valence-corrected chi connectivity index (χ2v) is 7.56. The summed E-state index contributed by atoms with van der Waals surface area (Å²) in [5, 5.41) is 8.66. The van der Waals surface area contributed by atoms with Crippen LogP contribution in [0, 0.1) is 6.92 Å². The molecule has 1 fully saturated rings. The number of rotatable bonds is 6. The minimum absolute atomic E-state index is 0.0864. The van der Waals surface area contributed by atoms with Crippen molar-refractivity contribution < 1.29 is 9.59 Å². The number of amides is 3. The number of nitrogens with one attached hydrogen (secondary N) is 3. The van der Waals surface area contributed by atoms with Gasteiger partial charge in [0.25, 0.3) is 5.91 Å². The summed E-state index contributed by atoms with van der Waals surface area (Å²) in [6, 6.07) is 9.54. The number of hydrogen-bond acceptors (Lipinski definition) is 3. The maximum absolute atomic E-state index is 12.2. The maximum Gasteiger partial charge on any atom is 0.319 e. The molecular weight excluding hydrogens is 334 g/mol. The van der Waals surface area contributed by atoms with Gasteiger partial charge >= 0.3 is 6.03 Å². The zero-order valence-electron chi connectivity index (χ0n) is 14.5. The first-order valence-corrected chi connectivity index (χ1v) is 9.40. The Bertz CT molecular complexity index is 781. The van der Waals surface area contributed by atoms with E-state index in [1.807, 2.05) is 19.1 Å². The predicted molar refractivity (Wildman–Crippen MR) is 101 cm³/mol. The number of aryl methyl sites for hydroxylation is 2. The van der Waals surface area contributed by atoms with Crippen molar-refractivity contribution in [2.45, 2.75) is 45.7 Å². The average molecular weight is 357 g/mol. The number of anilines is 1. The fourth-order valence-electron chi connectivity index (χ4n) is 2.44. The molecule has 1 aromatic carbocycles. The van der Waals surface area contributed by atoms with Crippen LogP contribution in [-0.2, 0) is 13.0 Å². The quantitative estimate of drug-likeness (QED) is 0.735. The van der Waals surface area contributed by atoms with E-state index in [4.69, 9.17) is 0 Å². The maximum atomic E-state index is 12.2. The van der Waals surface area contributed by atoms with Crippen molar-refractivity contribution in [1.82, 2.24) is 10.6 Å². The summed E-state index contributed by atoms with van der Waals surface area (Å²) >= 11 is 1.71. The van der Waals surface area contributed by atoms with Gasteiger partial charge in [0.2, 0.25) is 0 Å². The van der Waals surface area contributed by atoms with Gasteiger partial charge in [0.05, 0.1) is 6.54 Å². The number of hydrogen-bond donors (Lipinski definition) is 3. The van der Waals surface area contributed by atoms with E-state index < -0.39 is 0 Å². The zero-order chi connectivity index (χ0) is 17.8. The highest BCUT2D eigenvalue weighted by molar-refractivity contribution is 7.11. The third-order valence-corrected chi connectivity index (χ3v) is 5.38. The summed E-state index contributed by atoms with van der Waals surface area (Å²) in [6.07, 6.45) is 3.10. The third kappa shape index (κ3) is 4.82. The van der Waals surface area contributed by atoms with Crippen LogP contribution in [0.4, 0.5) is 10.5 Å². The standard InChI is InChI=1S/C19H23N3O2S/c1-3-15-8-9-16(25-15)11-20-19(24)22-17-10-13(5-4-12(17)2)18(23)21-14-6-7-14/h4-5,8-10,14H,3,6-7,11H2,1-2H3,(H,21,23)(H2,20,22,24). The van der Waals surface area contributed by atoms with E-state index in [-0.39, 0.29) is 11.9 Å². The van der Waals surface area contributed by atoms with Gasteiger partial charge < -0.3 is 16.0 Å². The van der Waals surface area contributed by atoms with Gasteiger partial charge in [0, 0.05) is 27.0 Å². The second kappa shape index (κ2) is 7.70. The molecule has 0 unspecified atom stereocenters. The minimum Gasteiger partial charge on any atom is -0.349 e. The summed E-state index contributed by atoms with van der Waals surface area (Å²) < 4.78 is 0. The molecule has 1 aliphatic rings. The van der Waals surface area contributed by atoms with Gasteiger partial charge in [-0.25, -0.2) is 4.79 Å². The summed E-state index contributed by atoms with van der Waals surface area (Å²) in [5.41, 5.74) is 2.14. The molecule has 5 nitrogen and oxygen atoms in total. The molecule has 1 saturated carbocycles. The van der Waals surface area contributed by atoms with E-state index in [9.17, 15) is 9.59 Å². The number of carbonyl (C=O) groups is 2. The molecule has 3 amide bonds. The lowest BCUT2D eigenvalue weighted by Gasteiger charge is -2.11.